The molecular formula is C13H20N4O4. The highest BCUT2D eigenvalue weighted by Gasteiger charge is 2.21. The van der Waals surface area contributed by atoms with E-state index in [1.807, 2.05) is 0 Å². The van der Waals surface area contributed by atoms with Crippen molar-refractivity contribution < 1.29 is 19.4 Å². The van der Waals surface area contributed by atoms with Gasteiger partial charge in [-0.25, -0.2) is 14.6 Å². The molecule has 0 radical (unpaired) electrons. The molecule has 0 aliphatic carbocycles. The van der Waals surface area contributed by atoms with Crippen molar-refractivity contribution in [1.82, 2.24) is 20.6 Å². The molecule has 8 heteroatoms. The molecule has 2 amide bonds. The van der Waals surface area contributed by atoms with Gasteiger partial charge in [0.2, 0.25) is 0 Å². The van der Waals surface area contributed by atoms with Crippen LogP contribution < -0.4 is 10.6 Å². The molecule has 0 bridgehead atoms. The first-order valence-electron chi connectivity index (χ1n) is 7.01. The first-order valence-corrected chi connectivity index (χ1v) is 7.01. The van der Waals surface area contributed by atoms with E-state index in [2.05, 4.69) is 20.6 Å². The van der Waals surface area contributed by atoms with Gasteiger partial charge in [0.15, 0.2) is 0 Å². The van der Waals surface area contributed by atoms with Crippen LogP contribution in [0.15, 0.2) is 12.5 Å². The number of carbonyl (C=O) groups is 2. The monoisotopic (exact) mass is 296 g/mol. The van der Waals surface area contributed by atoms with Gasteiger partial charge in [-0.3, -0.25) is 0 Å². The molecule has 8 nitrogen and oxygen atoms in total. The summed E-state index contributed by atoms with van der Waals surface area (Å²) in [4.78, 5) is 29.5. The molecule has 1 aromatic rings. The molecule has 0 spiro atoms. The number of aliphatic carboxylic acids is 1. The summed E-state index contributed by atoms with van der Waals surface area (Å²) in [7, 11) is 0. The predicted octanol–water partition coefficient (Wildman–Crippen LogP) is 0.274. The van der Waals surface area contributed by atoms with E-state index in [-0.39, 0.29) is 12.5 Å². The summed E-state index contributed by atoms with van der Waals surface area (Å²) in [6.07, 6.45) is 6.18. The average molecular weight is 296 g/mol. The number of urea groups is 1. The Morgan fingerprint density at radius 1 is 1.57 bits per heavy atom. The Bertz CT molecular complexity index is 457. The smallest absolute Gasteiger partial charge is 0.326 e. The van der Waals surface area contributed by atoms with Crippen LogP contribution in [0, 0.1) is 0 Å². The first-order chi connectivity index (χ1) is 10.1. The zero-order valence-corrected chi connectivity index (χ0v) is 11.7. The Morgan fingerprint density at radius 3 is 3.05 bits per heavy atom. The van der Waals surface area contributed by atoms with Gasteiger partial charge in [0.1, 0.15) is 6.04 Å². The fraction of sp³-hybridized carbons (Fsp3) is 0.615. The summed E-state index contributed by atoms with van der Waals surface area (Å²) in [5, 5.41) is 14.2. The van der Waals surface area contributed by atoms with E-state index in [0.717, 1.165) is 25.9 Å². The van der Waals surface area contributed by atoms with Crippen LogP contribution in [-0.2, 0) is 16.0 Å². The molecule has 21 heavy (non-hydrogen) atoms. The Hall–Kier alpha value is -2.09. The normalized spacial score (nSPS) is 19.1. The number of H-pyrrole nitrogens is 1. The summed E-state index contributed by atoms with van der Waals surface area (Å²) in [5.41, 5.74) is 0.655. The molecule has 0 saturated carbocycles. The van der Waals surface area contributed by atoms with Crippen molar-refractivity contribution in [2.45, 2.75) is 37.8 Å². The number of carbonyl (C=O) groups excluding carboxylic acids is 1. The Balaban J connectivity index is 1.71. The largest absolute Gasteiger partial charge is 0.480 e. The summed E-state index contributed by atoms with van der Waals surface area (Å²) < 4.78 is 5.45. The molecule has 4 N–H and O–H groups in total. The summed E-state index contributed by atoms with van der Waals surface area (Å²) in [5.74, 6) is -1.08. The van der Waals surface area contributed by atoms with E-state index in [1.165, 1.54) is 12.5 Å². The summed E-state index contributed by atoms with van der Waals surface area (Å²) in [6.45, 7) is 1.25. The number of amides is 2. The lowest BCUT2D eigenvalue weighted by atomic mass is 10.1. The number of carboxylic acid groups (broad SMARTS) is 1. The van der Waals surface area contributed by atoms with Gasteiger partial charge in [0.25, 0.3) is 0 Å². The average Bonchev–Trinajstić information content (AvgIpc) is 3.10. The zero-order chi connectivity index (χ0) is 15.1. The zero-order valence-electron chi connectivity index (χ0n) is 11.7. The molecule has 1 aromatic heterocycles. The fourth-order valence-electron chi connectivity index (χ4n) is 2.24. The van der Waals surface area contributed by atoms with Gasteiger partial charge in [-0.1, -0.05) is 0 Å². The number of aromatic amines is 1. The molecule has 0 aromatic carbocycles. The molecule has 1 unspecified atom stereocenters. The standard InChI is InChI=1S/C13H20N4O4/c18-12(19)11(6-9-7-14-8-16-9)17-13(20)15-4-3-10-2-1-5-21-10/h7-8,10-11H,1-6H2,(H,14,16)(H,18,19)(H2,15,17,20)/t10?,11-/m0/s1. The lowest BCUT2D eigenvalue weighted by molar-refractivity contribution is -0.139. The molecule has 2 heterocycles. The Labute approximate surface area is 122 Å². The predicted molar refractivity (Wildman–Crippen MR) is 73.8 cm³/mol. The number of hydrogen-bond donors (Lipinski definition) is 4. The third-order valence-electron chi connectivity index (χ3n) is 3.36. The molecule has 1 aliphatic rings. The van der Waals surface area contributed by atoms with Crippen LogP contribution in [-0.4, -0.2) is 52.4 Å². The fourth-order valence-corrected chi connectivity index (χ4v) is 2.24. The van der Waals surface area contributed by atoms with Crippen molar-refractivity contribution in [3.05, 3.63) is 18.2 Å². The number of ether oxygens (including phenoxy) is 1. The van der Waals surface area contributed by atoms with E-state index >= 15 is 0 Å². The highest BCUT2D eigenvalue weighted by atomic mass is 16.5. The van der Waals surface area contributed by atoms with Gasteiger partial charge in [0, 0.05) is 31.5 Å². The van der Waals surface area contributed by atoms with Crippen LogP contribution >= 0.6 is 0 Å². The van der Waals surface area contributed by atoms with Gasteiger partial charge < -0.3 is 25.5 Å². The first kappa shape index (κ1) is 15.3. The maximum atomic E-state index is 11.7. The molecule has 2 rings (SSSR count). The second kappa shape index (κ2) is 7.63. The lowest BCUT2D eigenvalue weighted by Crippen LogP contribution is -2.47. The second-order valence-electron chi connectivity index (χ2n) is 5.00. The Morgan fingerprint density at radius 2 is 2.43 bits per heavy atom. The van der Waals surface area contributed by atoms with Crippen LogP contribution in [0.2, 0.25) is 0 Å². The second-order valence-corrected chi connectivity index (χ2v) is 5.00. The van der Waals surface area contributed by atoms with Gasteiger partial charge in [0.05, 0.1) is 12.4 Å². The number of hydrogen-bond acceptors (Lipinski definition) is 4. The van der Waals surface area contributed by atoms with Crippen molar-refractivity contribution in [3.8, 4) is 0 Å². The lowest BCUT2D eigenvalue weighted by Gasteiger charge is -2.15. The maximum Gasteiger partial charge on any atom is 0.326 e. The highest BCUT2D eigenvalue weighted by Crippen LogP contribution is 2.14. The molecule has 1 saturated heterocycles. The van der Waals surface area contributed by atoms with Crippen LogP contribution in [0.4, 0.5) is 4.79 Å². The minimum absolute atomic E-state index is 0.161. The number of nitrogens with zero attached hydrogens (tertiary/aromatic N) is 1. The molecular weight excluding hydrogens is 276 g/mol. The van der Waals surface area contributed by atoms with E-state index in [9.17, 15) is 9.59 Å². The number of nitrogens with one attached hydrogen (secondary N) is 3. The Kier molecular flexibility index (Phi) is 5.56. The van der Waals surface area contributed by atoms with Gasteiger partial charge >= 0.3 is 12.0 Å². The van der Waals surface area contributed by atoms with Crippen molar-refractivity contribution in [2.24, 2.45) is 0 Å². The SMILES string of the molecule is O=C(NCCC1CCCO1)N[C@@H](Cc1cnc[nH]1)C(=O)O. The minimum Gasteiger partial charge on any atom is -0.480 e. The number of imidazole rings is 1. The molecule has 1 fully saturated rings. The topological polar surface area (TPSA) is 116 Å². The van der Waals surface area contributed by atoms with Crippen LogP contribution in [0.5, 0.6) is 0 Å². The van der Waals surface area contributed by atoms with Crippen LogP contribution in [0.25, 0.3) is 0 Å². The van der Waals surface area contributed by atoms with E-state index in [4.69, 9.17) is 9.84 Å². The molecule has 2 atom stereocenters. The van der Waals surface area contributed by atoms with E-state index < -0.39 is 18.0 Å². The van der Waals surface area contributed by atoms with Gasteiger partial charge in [-0.05, 0) is 19.3 Å². The number of rotatable bonds is 7. The molecule has 116 valence electrons. The number of carboxylic acids is 1. The highest BCUT2D eigenvalue weighted by molar-refractivity contribution is 5.82. The number of aromatic nitrogens is 2. The van der Waals surface area contributed by atoms with Crippen molar-refractivity contribution >= 4 is 12.0 Å². The van der Waals surface area contributed by atoms with Crippen molar-refractivity contribution in [2.75, 3.05) is 13.2 Å². The maximum absolute atomic E-state index is 11.7. The summed E-state index contributed by atoms with van der Waals surface area (Å²) in [6, 6.07) is -1.48. The van der Waals surface area contributed by atoms with E-state index in [0.29, 0.717) is 12.2 Å². The van der Waals surface area contributed by atoms with Crippen LogP contribution in [0.1, 0.15) is 25.0 Å². The van der Waals surface area contributed by atoms with Crippen LogP contribution in [0.3, 0.4) is 0 Å². The van der Waals surface area contributed by atoms with Crippen molar-refractivity contribution in [3.63, 3.8) is 0 Å². The molecule has 1 aliphatic heterocycles. The third-order valence-corrected chi connectivity index (χ3v) is 3.36. The van der Waals surface area contributed by atoms with E-state index in [1.54, 1.807) is 0 Å². The van der Waals surface area contributed by atoms with Gasteiger partial charge in [-0.15, -0.1) is 0 Å². The quantitative estimate of drug-likeness (QED) is 0.576. The third kappa shape index (κ3) is 5.07. The van der Waals surface area contributed by atoms with Crippen molar-refractivity contribution in [1.29, 1.82) is 0 Å². The summed E-state index contributed by atoms with van der Waals surface area (Å²) >= 11 is 0. The van der Waals surface area contributed by atoms with Gasteiger partial charge in [-0.2, -0.15) is 0 Å². The minimum atomic E-state index is -1.08.